The smallest absolute Gasteiger partial charge is 0.328 e. The van der Waals surface area contributed by atoms with Gasteiger partial charge in [0.05, 0.1) is 0 Å². The van der Waals surface area contributed by atoms with Crippen molar-refractivity contribution >= 4 is 38.5 Å². The molecule has 1 aromatic rings. The summed E-state index contributed by atoms with van der Waals surface area (Å²) in [7, 11) is -1.28. The molecule has 0 aliphatic rings. The first kappa shape index (κ1) is 20.5. The van der Waals surface area contributed by atoms with E-state index in [9.17, 15) is 9.59 Å². The van der Waals surface area contributed by atoms with Gasteiger partial charge < -0.3 is 9.53 Å². The summed E-state index contributed by atoms with van der Waals surface area (Å²) >= 11 is 5.92. The second-order valence-corrected chi connectivity index (χ2v) is 7.66. The number of rotatable bonds is 10. The van der Waals surface area contributed by atoms with Gasteiger partial charge in [-0.3, -0.25) is 0 Å². The third kappa shape index (κ3) is 7.79. The molecule has 4 nitrogen and oxygen atoms in total. The highest BCUT2D eigenvalue weighted by atomic mass is 35.5. The van der Waals surface area contributed by atoms with E-state index in [0.29, 0.717) is 17.4 Å². The van der Waals surface area contributed by atoms with Crippen molar-refractivity contribution < 1.29 is 19.1 Å². The highest BCUT2D eigenvalue weighted by Gasteiger charge is 2.18. The molecule has 1 atom stereocenters. The van der Waals surface area contributed by atoms with Crippen LogP contribution in [0.1, 0.15) is 46.0 Å². The van der Waals surface area contributed by atoms with E-state index >= 15 is 0 Å². The molecule has 1 aromatic carbocycles. The SMILES string of the molecule is CCCCC(CC)C/C(=C/C(=O)O)C(=O)O[SiH2]c1cccc(Cl)c1. The van der Waals surface area contributed by atoms with Crippen LogP contribution in [0, 0.1) is 5.92 Å². The van der Waals surface area contributed by atoms with Crippen LogP contribution in [-0.4, -0.2) is 26.8 Å². The lowest BCUT2D eigenvalue weighted by Gasteiger charge is -2.16. The van der Waals surface area contributed by atoms with Crippen molar-refractivity contribution in [1.29, 1.82) is 0 Å². The van der Waals surface area contributed by atoms with Gasteiger partial charge in [0.25, 0.3) is 9.76 Å². The van der Waals surface area contributed by atoms with Gasteiger partial charge in [0.15, 0.2) is 0 Å². The monoisotopic (exact) mass is 368 g/mol. The number of carbonyl (C=O) groups excluding carboxylic acids is 1. The Bertz CT molecular complexity index is 586. The van der Waals surface area contributed by atoms with E-state index in [0.717, 1.165) is 36.9 Å². The Morgan fingerprint density at radius 3 is 2.71 bits per heavy atom. The number of hydrogen-bond acceptors (Lipinski definition) is 3. The Kier molecular flexibility index (Phi) is 9.41. The zero-order valence-electron chi connectivity index (χ0n) is 14.3. The summed E-state index contributed by atoms with van der Waals surface area (Å²) in [6, 6.07) is 7.21. The van der Waals surface area contributed by atoms with Crippen LogP contribution in [0.25, 0.3) is 0 Å². The normalized spacial score (nSPS) is 13.2. The summed E-state index contributed by atoms with van der Waals surface area (Å²) in [5, 5.41) is 10.5. The molecule has 0 saturated carbocycles. The molecule has 0 aliphatic carbocycles. The van der Waals surface area contributed by atoms with Gasteiger partial charge in [0.1, 0.15) is 0 Å². The first-order valence-corrected chi connectivity index (χ1v) is 9.97. The first-order valence-electron chi connectivity index (χ1n) is 8.31. The van der Waals surface area contributed by atoms with Crippen LogP contribution in [-0.2, 0) is 14.0 Å². The second-order valence-electron chi connectivity index (χ2n) is 5.83. The van der Waals surface area contributed by atoms with Gasteiger partial charge in [-0.05, 0) is 29.7 Å². The highest BCUT2D eigenvalue weighted by molar-refractivity contribution is 6.50. The summed E-state index contributed by atoms with van der Waals surface area (Å²) in [4.78, 5) is 23.3. The maximum absolute atomic E-state index is 12.3. The molecule has 1 N–H and O–H groups in total. The minimum Gasteiger partial charge on any atom is -0.517 e. The number of aliphatic carboxylic acids is 1. The largest absolute Gasteiger partial charge is 0.517 e. The minimum atomic E-state index is -1.28. The average molecular weight is 369 g/mol. The molecule has 0 bridgehead atoms. The summed E-state index contributed by atoms with van der Waals surface area (Å²) in [5.41, 5.74) is 0.250. The number of benzene rings is 1. The third-order valence-corrected chi connectivity index (χ3v) is 5.29. The number of unbranched alkanes of at least 4 members (excludes halogenated alkanes) is 1. The predicted octanol–water partition coefficient (Wildman–Crippen LogP) is 3.21. The van der Waals surface area contributed by atoms with Gasteiger partial charge in [-0.1, -0.05) is 63.3 Å². The van der Waals surface area contributed by atoms with Crippen molar-refractivity contribution in [3.63, 3.8) is 0 Å². The fourth-order valence-corrected chi connectivity index (χ4v) is 3.83. The van der Waals surface area contributed by atoms with Gasteiger partial charge in [0, 0.05) is 16.7 Å². The van der Waals surface area contributed by atoms with Crippen LogP contribution >= 0.6 is 11.6 Å². The van der Waals surface area contributed by atoms with Crippen molar-refractivity contribution in [2.24, 2.45) is 5.92 Å². The van der Waals surface area contributed by atoms with Crippen LogP contribution in [0.5, 0.6) is 0 Å². The van der Waals surface area contributed by atoms with Crippen molar-refractivity contribution in [2.75, 3.05) is 0 Å². The molecule has 6 heteroatoms. The quantitative estimate of drug-likeness (QED) is 0.508. The van der Waals surface area contributed by atoms with Crippen LogP contribution in [0.15, 0.2) is 35.9 Å². The Labute approximate surface area is 150 Å². The minimum absolute atomic E-state index is 0.250. The molecule has 0 amide bonds. The standard InChI is InChI=1S/C18H25ClO4Si/c1-3-5-7-13(4-2)10-14(11-17(20)21)18(22)23-24-16-9-6-8-15(19)12-16/h6,8-9,11-13H,3-5,7,10,24H2,1-2H3,(H,20,21)/b14-11-. The van der Waals surface area contributed by atoms with Crippen molar-refractivity contribution in [3.05, 3.63) is 40.9 Å². The van der Waals surface area contributed by atoms with Gasteiger partial charge >= 0.3 is 11.9 Å². The van der Waals surface area contributed by atoms with E-state index in [4.69, 9.17) is 21.1 Å². The van der Waals surface area contributed by atoms with Gasteiger partial charge in [-0.2, -0.15) is 0 Å². The van der Waals surface area contributed by atoms with E-state index in [2.05, 4.69) is 13.8 Å². The zero-order valence-corrected chi connectivity index (χ0v) is 16.4. The second kappa shape index (κ2) is 11.0. The third-order valence-electron chi connectivity index (χ3n) is 3.87. The molecule has 0 fully saturated rings. The lowest BCUT2D eigenvalue weighted by molar-refractivity contribution is -0.133. The van der Waals surface area contributed by atoms with Crippen LogP contribution in [0.2, 0.25) is 5.02 Å². The molecule has 0 heterocycles. The molecular weight excluding hydrogens is 344 g/mol. The maximum Gasteiger partial charge on any atom is 0.328 e. The molecule has 0 saturated heterocycles. The van der Waals surface area contributed by atoms with Crippen LogP contribution in [0.4, 0.5) is 0 Å². The van der Waals surface area contributed by atoms with E-state index in [1.807, 2.05) is 12.1 Å². The van der Waals surface area contributed by atoms with E-state index in [-0.39, 0.29) is 5.57 Å². The summed E-state index contributed by atoms with van der Waals surface area (Å²) < 4.78 is 5.41. The molecule has 0 spiro atoms. The Balaban J connectivity index is 2.72. The first-order chi connectivity index (χ1) is 11.5. The van der Waals surface area contributed by atoms with E-state index < -0.39 is 21.7 Å². The maximum atomic E-state index is 12.3. The fourth-order valence-electron chi connectivity index (χ4n) is 2.47. The van der Waals surface area contributed by atoms with Crippen LogP contribution in [0.3, 0.4) is 0 Å². The molecule has 1 unspecified atom stereocenters. The number of carboxylic acid groups (broad SMARTS) is 1. The highest BCUT2D eigenvalue weighted by Crippen LogP contribution is 2.22. The average Bonchev–Trinajstić information content (AvgIpc) is 2.55. The molecular formula is C18H25ClO4Si. The number of carboxylic acids is 1. The molecule has 1 rings (SSSR count). The molecule has 132 valence electrons. The van der Waals surface area contributed by atoms with Crippen molar-refractivity contribution in [1.82, 2.24) is 0 Å². The van der Waals surface area contributed by atoms with Gasteiger partial charge in [-0.15, -0.1) is 0 Å². The van der Waals surface area contributed by atoms with Crippen molar-refractivity contribution in [2.45, 2.75) is 46.0 Å². The number of hydrogen-bond donors (Lipinski definition) is 1. The predicted molar refractivity (Wildman–Crippen MR) is 99.4 cm³/mol. The summed E-state index contributed by atoms with van der Waals surface area (Å²) in [6.07, 6.45) is 5.50. The molecule has 0 aliphatic heterocycles. The van der Waals surface area contributed by atoms with Crippen LogP contribution < -0.4 is 5.19 Å². The fraction of sp³-hybridized carbons (Fsp3) is 0.444. The van der Waals surface area contributed by atoms with Crippen molar-refractivity contribution in [3.8, 4) is 0 Å². The zero-order chi connectivity index (χ0) is 17.9. The Morgan fingerprint density at radius 2 is 2.12 bits per heavy atom. The van der Waals surface area contributed by atoms with E-state index in [1.165, 1.54) is 0 Å². The number of halogens is 1. The molecule has 24 heavy (non-hydrogen) atoms. The summed E-state index contributed by atoms with van der Waals surface area (Å²) in [6.45, 7) is 4.18. The van der Waals surface area contributed by atoms with Gasteiger partial charge in [-0.25, -0.2) is 9.59 Å². The van der Waals surface area contributed by atoms with Gasteiger partial charge in [0.2, 0.25) is 0 Å². The topological polar surface area (TPSA) is 63.6 Å². The number of carbonyl (C=O) groups is 2. The molecule has 0 radical (unpaired) electrons. The lowest BCUT2D eigenvalue weighted by atomic mass is 9.91. The summed E-state index contributed by atoms with van der Waals surface area (Å²) in [5.74, 6) is -1.33. The molecule has 0 aromatic heterocycles. The Hall–Kier alpha value is -1.59. The Morgan fingerprint density at radius 1 is 1.38 bits per heavy atom. The van der Waals surface area contributed by atoms with E-state index in [1.54, 1.807) is 12.1 Å². The lowest BCUT2D eigenvalue weighted by Crippen LogP contribution is -2.23.